The van der Waals surface area contributed by atoms with Gasteiger partial charge in [-0.1, -0.05) is 15.9 Å². The highest BCUT2D eigenvalue weighted by atomic mass is 79.9. The fraction of sp³-hybridized carbons (Fsp3) is 0.556. The van der Waals surface area contributed by atoms with Crippen LogP contribution in [-0.2, 0) is 0 Å². The van der Waals surface area contributed by atoms with Crippen molar-refractivity contribution in [1.29, 1.82) is 0 Å². The molecule has 122 valence electrons. The summed E-state index contributed by atoms with van der Waals surface area (Å²) in [6, 6.07) is 7.78. The van der Waals surface area contributed by atoms with Crippen LogP contribution in [0.3, 0.4) is 0 Å². The highest BCUT2D eigenvalue weighted by Gasteiger charge is 2.48. The van der Waals surface area contributed by atoms with E-state index in [0.29, 0.717) is 16.7 Å². The van der Waals surface area contributed by atoms with Gasteiger partial charge >= 0.3 is 0 Å². The van der Waals surface area contributed by atoms with E-state index in [0.717, 1.165) is 28.1 Å². The van der Waals surface area contributed by atoms with E-state index in [9.17, 15) is 4.79 Å². The Morgan fingerprint density at radius 2 is 1.57 bits per heavy atom. The van der Waals surface area contributed by atoms with Crippen LogP contribution in [0.25, 0.3) is 0 Å². The molecule has 1 aromatic carbocycles. The van der Waals surface area contributed by atoms with Crippen LogP contribution < -0.4 is 10.6 Å². The van der Waals surface area contributed by atoms with Gasteiger partial charge in [-0.05, 0) is 92.3 Å². The van der Waals surface area contributed by atoms with Gasteiger partial charge in [-0.25, -0.2) is 0 Å². The number of hydrogen-bond donors (Lipinski definition) is 2. The summed E-state index contributed by atoms with van der Waals surface area (Å²) in [5, 5.41) is 6.79. The minimum atomic E-state index is -0.140. The van der Waals surface area contributed by atoms with Gasteiger partial charge in [0.25, 0.3) is 5.91 Å². The molecular formula is C18H21BrN2OS. The van der Waals surface area contributed by atoms with E-state index in [1.807, 2.05) is 12.1 Å². The second kappa shape index (κ2) is 6.17. The standard InChI is InChI=1S/C18H21BrN2OS/c19-15-3-1-12(2-4-15)17(22)21-18(23)20-16-13-6-10-5-11(8-13)9-14(16)7-10/h1-4,10-11,13-14,16H,5-9H2,(H2,20,21,22,23). The van der Waals surface area contributed by atoms with Crippen molar-refractivity contribution in [3.05, 3.63) is 34.3 Å². The average Bonchev–Trinajstić information content (AvgIpc) is 2.50. The topological polar surface area (TPSA) is 41.1 Å². The number of nitrogens with one attached hydrogen (secondary N) is 2. The molecule has 4 bridgehead atoms. The molecule has 0 atom stereocenters. The van der Waals surface area contributed by atoms with Gasteiger partial charge in [-0.3, -0.25) is 10.1 Å². The van der Waals surface area contributed by atoms with Crippen molar-refractivity contribution in [3.8, 4) is 0 Å². The van der Waals surface area contributed by atoms with Gasteiger partial charge in [-0.15, -0.1) is 0 Å². The van der Waals surface area contributed by atoms with E-state index < -0.39 is 0 Å². The quantitative estimate of drug-likeness (QED) is 0.750. The fourth-order valence-electron chi connectivity index (χ4n) is 5.12. The van der Waals surface area contributed by atoms with Crippen LogP contribution in [0.4, 0.5) is 0 Å². The molecule has 23 heavy (non-hydrogen) atoms. The first-order valence-electron chi connectivity index (χ1n) is 8.46. The number of amides is 1. The summed E-state index contributed by atoms with van der Waals surface area (Å²) in [6.45, 7) is 0. The molecule has 0 spiro atoms. The van der Waals surface area contributed by atoms with Gasteiger partial charge in [0.2, 0.25) is 0 Å². The molecule has 0 aliphatic heterocycles. The molecule has 1 amide bonds. The van der Waals surface area contributed by atoms with Crippen molar-refractivity contribution in [2.24, 2.45) is 23.7 Å². The zero-order valence-electron chi connectivity index (χ0n) is 12.9. The van der Waals surface area contributed by atoms with E-state index in [2.05, 4.69) is 26.6 Å². The van der Waals surface area contributed by atoms with Crippen molar-refractivity contribution in [2.75, 3.05) is 0 Å². The Labute approximate surface area is 150 Å². The van der Waals surface area contributed by atoms with Gasteiger partial charge in [0.15, 0.2) is 5.11 Å². The largest absolute Gasteiger partial charge is 0.359 e. The van der Waals surface area contributed by atoms with Crippen molar-refractivity contribution >= 4 is 39.2 Å². The number of thiocarbonyl (C=S) groups is 1. The van der Waals surface area contributed by atoms with Gasteiger partial charge < -0.3 is 5.32 Å². The molecule has 4 aliphatic rings. The molecule has 0 heterocycles. The molecule has 5 rings (SSSR count). The molecule has 4 saturated carbocycles. The zero-order valence-corrected chi connectivity index (χ0v) is 15.3. The summed E-state index contributed by atoms with van der Waals surface area (Å²) < 4.78 is 0.961. The summed E-state index contributed by atoms with van der Waals surface area (Å²) >= 11 is 8.78. The van der Waals surface area contributed by atoms with Gasteiger partial charge in [0, 0.05) is 16.1 Å². The molecule has 3 nitrogen and oxygen atoms in total. The third kappa shape index (κ3) is 3.18. The molecular weight excluding hydrogens is 372 g/mol. The lowest BCUT2D eigenvalue weighted by Crippen LogP contribution is -2.57. The zero-order chi connectivity index (χ0) is 16.0. The number of carbonyl (C=O) groups excluding carboxylic acids is 1. The molecule has 4 aliphatic carbocycles. The number of rotatable bonds is 2. The minimum Gasteiger partial charge on any atom is -0.359 e. The summed E-state index contributed by atoms with van der Waals surface area (Å²) in [4.78, 5) is 12.3. The summed E-state index contributed by atoms with van der Waals surface area (Å²) in [5.74, 6) is 3.24. The molecule has 2 N–H and O–H groups in total. The minimum absolute atomic E-state index is 0.140. The van der Waals surface area contributed by atoms with Crippen LogP contribution in [0.2, 0.25) is 0 Å². The van der Waals surface area contributed by atoms with Crippen LogP contribution in [0.1, 0.15) is 42.5 Å². The first kappa shape index (κ1) is 15.6. The second-order valence-corrected chi connectivity index (χ2v) is 8.71. The normalized spacial score (nSPS) is 34.2. The maximum absolute atomic E-state index is 12.3. The summed E-state index contributed by atoms with van der Waals surface area (Å²) in [7, 11) is 0. The van der Waals surface area contributed by atoms with Gasteiger partial charge in [0.1, 0.15) is 0 Å². The van der Waals surface area contributed by atoms with Gasteiger partial charge in [-0.2, -0.15) is 0 Å². The molecule has 4 fully saturated rings. The van der Waals surface area contributed by atoms with E-state index in [4.69, 9.17) is 12.2 Å². The molecule has 0 radical (unpaired) electrons. The summed E-state index contributed by atoms with van der Waals surface area (Å²) in [6.07, 6.45) is 6.81. The molecule has 1 aromatic rings. The lowest BCUT2D eigenvalue weighted by atomic mass is 9.54. The van der Waals surface area contributed by atoms with Crippen LogP contribution in [0, 0.1) is 23.7 Å². The van der Waals surface area contributed by atoms with Crippen LogP contribution in [0.15, 0.2) is 28.7 Å². The Morgan fingerprint density at radius 3 is 2.13 bits per heavy atom. The predicted molar refractivity (Wildman–Crippen MR) is 98.2 cm³/mol. The third-order valence-corrected chi connectivity index (χ3v) is 6.61. The number of halogens is 1. The molecule has 0 aromatic heterocycles. The Kier molecular flexibility index (Phi) is 4.18. The average molecular weight is 393 g/mol. The predicted octanol–water partition coefficient (Wildman–Crippen LogP) is 3.88. The Balaban J connectivity index is 1.37. The van der Waals surface area contributed by atoms with Gasteiger partial charge in [0.05, 0.1) is 0 Å². The maximum atomic E-state index is 12.3. The smallest absolute Gasteiger partial charge is 0.257 e. The first-order valence-corrected chi connectivity index (χ1v) is 9.66. The Morgan fingerprint density at radius 1 is 1.00 bits per heavy atom. The van der Waals surface area contributed by atoms with E-state index in [-0.39, 0.29) is 5.91 Å². The van der Waals surface area contributed by atoms with Crippen LogP contribution in [-0.4, -0.2) is 17.1 Å². The van der Waals surface area contributed by atoms with Crippen molar-refractivity contribution in [3.63, 3.8) is 0 Å². The number of carbonyl (C=O) groups is 1. The lowest BCUT2D eigenvalue weighted by Gasteiger charge is -2.54. The monoisotopic (exact) mass is 392 g/mol. The second-order valence-electron chi connectivity index (χ2n) is 7.39. The fourth-order valence-corrected chi connectivity index (χ4v) is 5.62. The third-order valence-electron chi connectivity index (χ3n) is 5.86. The number of hydrogen-bond acceptors (Lipinski definition) is 2. The van der Waals surface area contributed by atoms with E-state index in [1.165, 1.54) is 32.1 Å². The highest BCUT2D eigenvalue weighted by Crippen LogP contribution is 2.53. The molecule has 5 heteroatoms. The van der Waals surface area contributed by atoms with E-state index in [1.54, 1.807) is 12.1 Å². The van der Waals surface area contributed by atoms with Crippen molar-refractivity contribution in [2.45, 2.75) is 38.1 Å². The first-order chi connectivity index (χ1) is 11.1. The Bertz CT molecular complexity index is 602. The SMILES string of the molecule is O=C(NC(=S)NC1C2CC3CC(C2)CC1C3)c1ccc(Br)cc1. The highest BCUT2D eigenvalue weighted by molar-refractivity contribution is 9.10. The summed E-state index contributed by atoms with van der Waals surface area (Å²) in [5.41, 5.74) is 0.627. The Hall–Kier alpha value is -0.940. The van der Waals surface area contributed by atoms with Crippen LogP contribution in [0.5, 0.6) is 0 Å². The van der Waals surface area contributed by atoms with Crippen molar-refractivity contribution < 1.29 is 4.79 Å². The number of benzene rings is 1. The maximum Gasteiger partial charge on any atom is 0.257 e. The van der Waals surface area contributed by atoms with Crippen LogP contribution >= 0.6 is 28.1 Å². The molecule has 0 saturated heterocycles. The molecule has 0 unspecified atom stereocenters. The van der Waals surface area contributed by atoms with Crippen molar-refractivity contribution in [1.82, 2.24) is 10.6 Å². The lowest BCUT2D eigenvalue weighted by molar-refractivity contribution is -0.00692. The van der Waals surface area contributed by atoms with E-state index >= 15 is 0 Å².